The molecule has 2 rings (SSSR count). The molecule has 17 heavy (non-hydrogen) atoms. The van der Waals surface area contributed by atoms with Crippen LogP contribution >= 0.6 is 11.3 Å². The first-order valence-electron chi connectivity index (χ1n) is 4.84. The summed E-state index contributed by atoms with van der Waals surface area (Å²) in [4.78, 5) is 4.02. The molecule has 0 radical (unpaired) electrons. The number of nitrogens with two attached hydrogens (primary N) is 1. The molecule has 0 saturated heterocycles. The second kappa shape index (κ2) is 4.92. The van der Waals surface area contributed by atoms with Crippen LogP contribution in [0.3, 0.4) is 0 Å². The van der Waals surface area contributed by atoms with E-state index in [2.05, 4.69) is 4.98 Å². The Morgan fingerprint density at radius 1 is 1.18 bits per heavy atom. The molecule has 0 fully saturated rings. The Hall–Kier alpha value is -1.95. The van der Waals surface area contributed by atoms with Gasteiger partial charge in [-0.1, -0.05) is 17.4 Å². The number of aromatic nitrogens is 1. The zero-order chi connectivity index (χ0) is 12.3. The molecule has 5 nitrogen and oxygen atoms in total. The summed E-state index contributed by atoms with van der Waals surface area (Å²) in [5.41, 5.74) is 5.59. The van der Waals surface area contributed by atoms with Crippen LogP contribution < -0.4 is 19.9 Å². The number of para-hydroxylation sites is 1. The zero-order valence-electron chi connectivity index (χ0n) is 9.47. The summed E-state index contributed by atoms with van der Waals surface area (Å²) in [6.07, 6.45) is 1.54. The summed E-state index contributed by atoms with van der Waals surface area (Å²) in [6.45, 7) is 0. The number of benzene rings is 1. The van der Waals surface area contributed by atoms with Crippen molar-refractivity contribution in [2.75, 3.05) is 20.0 Å². The quantitative estimate of drug-likeness (QED) is 0.905. The largest absolute Gasteiger partial charge is 0.493 e. The van der Waals surface area contributed by atoms with Crippen LogP contribution in [-0.4, -0.2) is 19.2 Å². The van der Waals surface area contributed by atoms with Gasteiger partial charge in [-0.25, -0.2) is 4.98 Å². The lowest BCUT2D eigenvalue weighted by Crippen LogP contribution is -1.93. The van der Waals surface area contributed by atoms with Gasteiger partial charge < -0.3 is 19.9 Å². The van der Waals surface area contributed by atoms with Crippen molar-refractivity contribution >= 4 is 16.3 Å². The topological polar surface area (TPSA) is 66.6 Å². The van der Waals surface area contributed by atoms with Crippen molar-refractivity contribution in [3.63, 3.8) is 0 Å². The molecule has 0 aliphatic carbocycles. The normalized spacial score (nSPS) is 10.0. The Morgan fingerprint density at radius 3 is 2.29 bits per heavy atom. The summed E-state index contributed by atoms with van der Waals surface area (Å²) >= 11 is 1.25. The monoisotopic (exact) mass is 252 g/mol. The van der Waals surface area contributed by atoms with E-state index in [0.29, 0.717) is 27.4 Å². The van der Waals surface area contributed by atoms with Gasteiger partial charge in [0.15, 0.2) is 11.5 Å². The highest BCUT2D eigenvalue weighted by atomic mass is 32.1. The van der Waals surface area contributed by atoms with Gasteiger partial charge in [-0.05, 0) is 12.1 Å². The summed E-state index contributed by atoms with van der Waals surface area (Å²) in [6, 6.07) is 5.39. The number of hydrogen-bond donors (Lipinski definition) is 1. The number of rotatable bonds is 4. The molecule has 0 bridgehead atoms. The van der Waals surface area contributed by atoms with Crippen molar-refractivity contribution in [1.29, 1.82) is 0 Å². The SMILES string of the molecule is COc1cccc(OC)c1Oc1ncc(N)s1. The van der Waals surface area contributed by atoms with E-state index in [1.54, 1.807) is 32.5 Å². The molecule has 0 aliphatic rings. The van der Waals surface area contributed by atoms with Gasteiger partial charge in [0.1, 0.15) is 5.00 Å². The molecule has 6 heteroatoms. The van der Waals surface area contributed by atoms with Crippen molar-refractivity contribution in [3.05, 3.63) is 24.4 Å². The standard InChI is InChI=1S/C11H12N2O3S/c1-14-7-4-3-5-8(15-2)10(7)16-11-13-6-9(12)17-11/h3-6H,12H2,1-2H3. The molecular weight excluding hydrogens is 240 g/mol. The predicted octanol–water partition coefficient (Wildman–Crippen LogP) is 2.53. The number of ether oxygens (including phenoxy) is 3. The zero-order valence-corrected chi connectivity index (χ0v) is 10.3. The molecule has 1 aromatic carbocycles. The summed E-state index contributed by atoms with van der Waals surface area (Å²) in [5, 5.41) is 1.04. The lowest BCUT2D eigenvalue weighted by molar-refractivity contribution is 0.345. The Bertz CT molecular complexity index is 491. The van der Waals surface area contributed by atoms with Crippen molar-refractivity contribution < 1.29 is 14.2 Å². The van der Waals surface area contributed by atoms with Gasteiger partial charge in [0, 0.05) is 0 Å². The van der Waals surface area contributed by atoms with Gasteiger partial charge in [0.25, 0.3) is 5.19 Å². The second-order valence-corrected chi connectivity index (χ2v) is 4.15. The van der Waals surface area contributed by atoms with E-state index in [1.165, 1.54) is 11.3 Å². The van der Waals surface area contributed by atoms with Crippen LogP contribution in [0.4, 0.5) is 5.00 Å². The van der Waals surface area contributed by atoms with E-state index in [0.717, 1.165) is 0 Å². The molecule has 1 heterocycles. The number of hydrogen-bond acceptors (Lipinski definition) is 6. The van der Waals surface area contributed by atoms with E-state index in [1.807, 2.05) is 6.07 Å². The average molecular weight is 252 g/mol. The summed E-state index contributed by atoms with van der Waals surface area (Å²) in [5.74, 6) is 1.66. The Kier molecular flexibility index (Phi) is 3.34. The average Bonchev–Trinajstić information content (AvgIpc) is 2.75. The molecule has 0 unspecified atom stereocenters. The second-order valence-electron chi connectivity index (χ2n) is 3.12. The fourth-order valence-corrected chi connectivity index (χ4v) is 1.86. The summed E-state index contributed by atoms with van der Waals surface area (Å²) < 4.78 is 16.0. The maximum absolute atomic E-state index is 5.62. The van der Waals surface area contributed by atoms with E-state index in [4.69, 9.17) is 19.9 Å². The molecule has 0 aliphatic heterocycles. The number of methoxy groups -OCH3 is 2. The minimum absolute atomic E-state index is 0.449. The number of thiazole rings is 1. The van der Waals surface area contributed by atoms with E-state index < -0.39 is 0 Å². The lowest BCUT2D eigenvalue weighted by Gasteiger charge is -2.11. The van der Waals surface area contributed by atoms with Crippen LogP contribution in [-0.2, 0) is 0 Å². The van der Waals surface area contributed by atoms with Crippen molar-refractivity contribution in [3.8, 4) is 22.4 Å². The Balaban J connectivity index is 2.36. The van der Waals surface area contributed by atoms with Crippen LogP contribution in [0.25, 0.3) is 0 Å². The minimum Gasteiger partial charge on any atom is -0.493 e. The first kappa shape index (κ1) is 11.5. The fourth-order valence-electron chi connectivity index (χ4n) is 1.32. The van der Waals surface area contributed by atoms with E-state index >= 15 is 0 Å². The highest BCUT2D eigenvalue weighted by molar-refractivity contribution is 7.17. The smallest absolute Gasteiger partial charge is 0.280 e. The molecule has 1 aromatic heterocycles. The molecule has 0 saturated carbocycles. The van der Waals surface area contributed by atoms with Crippen LogP contribution in [0.15, 0.2) is 24.4 Å². The van der Waals surface area contributed by atoms with Gasteiger partial charge in [-0.15, -0.1) is 0 Å². The first-order valence-corrected chi connectivity index (χ1v) is 5.66. The molecule has 0 amide bonds. The number of nitrogens with zero attached hydrogens (tertiary/aromatic N) is 1. The molecule has 2 N–H and O–H groups in total. The van der Waals surface area contributed by atoms with Crippen LogP contribution in [0.5, 0.6) is 22.4 Å². The van der Waals surface area contributed by atoms with Gasteiger partial charge in [0.05, 0.1) is 20.4 Å². The number of anilines is 1. The molecule has 0 spiro atoms. The minimum atomic E-state index is 0.449. The maximum atomic E-state index is 5.62. The fraction of sp³-hybridized carbons (Fsp3) is 0.182. The predicted molar refractivity (Wildman–Crippen MR) is 66.1 cm³/mol. The first-order chi connectivity index (χ1) is 8.24. The third kappa shape index (κ3) is 2.42. The third-order valence-electron chi connectivity index (χ3n) is 2.07. The highest BCUT2D eigenvalue weighted by Crippen LogP contribution is 2.41. The van der Waals surface area contributed by atoms with Gasteiger partial charge in [0.2, 0.25) is 5.75 Å². The van der Waals surface area contributed by atoms with E-state index in [9.17, 15) is 0 Å². The van der Waals surface area contributed by atoms with E-state index in [-0.39, 0.29) is 0 Å². The van der Waals surface area contributed by atoms with Crippen molar-refractivity contribution in [1.82, 2.24) is 4.98 Å². The van der Waals surface area contributed by atoms with Crippen LogP contribution in [0.2, 0.25) is 0 Å². The lowest BCUT2D eigenvalue weighted by atomic mass is 10.3. The Labute approximate surface area is 103 Å². The van der Waals surface area contributed by atoms with Crippen molar-refractivity contribution in [2.45, 2.75) is 0 Å². The molecule has 0 atom stereocenters. The van der Waals surface area contributed by atoms with Gasteiger partial charge in [-0.2, -0.15) is 0 Å². The summed E-state index contributed by atoms with van der Waals surface area (Å²) in [7, 11) is 3.13. The third-order valence-corrected chi connectivity index (χ3v) is 2.78. The Morgan fingerprint density at radius 2 is 1.82 bits per heavy atom. The molecule has 2 aromatic rings. The van der Waals surface area contributed by atoms with Crippen LogP contribution in [0.1, 0.15) is 0 Å². The molecular formula is C11H12N2O3S. The van der Waals surface area contributed by atoms with Crippen LogP contribution in [0, 0.1) is 0 Å². The number of nitrogen functional groups attached to an aromatic ring is 1. The molecule has 90 valence electrons. The van der Waals surface area contributed by atoms with Gasteiger partial charge >= 0.3 is 0 Å². The highest BCUT2D eigenvalue weighted by Gasteiger charge is 2.13. The maximum Gasteiger partial charge on any atom is 0.280 e. The van der Waals surface area contributed by atoms with Crippen molar-refractivity contribution in [2.24, 2.45) is 0 Å². The van der Waals surface area contributed by atoms with Gasteiger partial charge in [-0.3, -0.25) is 0 Å².